The number of aromatic nitrogens is 2. The molecule has 0 fully saturated rings. The van der Waals surface area contributed by atoms with Gasteiger partial charge in [-0.3, -0.25) is 5.10 Å². The second kappa shape index (κ2) is 7.29. The van der Waals surface area contributed by atoms with Crippen molar-refractivity contribution >= 4 is 28.3 Å². The number of rotatable bonds is 5. The largest absolute Gasteiger partial charge is 0.497 e. The summed E-state index contributed by atoms with van der Waals surface area (Å²) in [5, 5.41) is 10.9. The van der Waals surface area contributed by atoms with E-state index in [0.29, 0.717) is 23.3 Å². The summed E-state index contributed by atoms with van der Waals surface area (Å²) < 4.78 is 20.0. The van der Waals surface area contributed by atoms with Crippen LogP contribution in [0.2, 0.25) is 5.02 Å². The molecule has 0 unspecified atom stereocenters. The van der Waals surface area contributed by atoms with Crippen LogP contribution >= 0.6 is 11.6 Å². The molecule has 1 heterocycles. The fourth-order valence-electron chi connectivity index (χ4n) is 3.02. The summed E-state index contributed by atoms with van der Waals surface area (Å²) >= 11 is 6.27. The number of aromatic amines is 1. The van der Waals surface area contributed by atoms with Crippen LogP contribution in [0.3, 0.4) is 0 Å². The van der Waals surface area contributed by atoms with E-state index in [9.17, 15) is 4.39 Å². The highest BCUT2D eigenvalue weighted by molar-refractivity contribution is 6.34. The number of halogens is 2. The molecule has 0 aliphatic carbocycles. The molecule has 6 heteroatoms. The first kappa shape index (κ1) is 17.4. The molecular formula is C21H17ClFN3O. The van der Waals surface area contributed by atoms with Crippen molar-refractivity contribution in [1.82, 2.24) is 10.2 Å². The number of benzene rings is 3. The molecule has 2 N–H and O–H groups in total. The van der Waals surface area contributed by atoms with Crippen molar-refractivity contribution in [1.29, 1.82) is 0 Å². The third-order valence-electron chi connectivity index (χ3n) is 4.42. The Kier molecular flexibility index (Phi) is 4.69. The van der Waals surface area contributed by atoms with Gasteiger partial charge in [-0.2, -0.15) is 5.10 Å². The van der Waals surface area contributed by atoms with Crippen LogP contribution in [0.4, 0.5) is 10.2 Å². The zero-order chi connectivity index (χ0) is 18.8. The first-order valence-corrected chi connectivity index (χ1v) is 8.83. The van der Waals surface area contributed by atoms with E-state index in [-0.39, 0.29) is 10.5 Å². The van der Waals surface area contributed by atoms with E-state index in [1.54, 1.807) is 7.11 Å². The Morgan fingerprint density at radius 1 is 1.11 bits per heavy atom. The molecule has 0 spiro atoms. The summed E-state index contributed by atoms with van der Waals surface area (Å²) in [4.78, 5) is 0. The number of ether oxygens (including phenoxy) is 1. The lowest BCUT2D eigenvalue weighted by Gasteiger charge is -2.09. The fourth-order valence-corrected chi connectivity index (χ4v) is 3.28. The average Bonchev–Trinajstić information content (AvgIpc) is 3.13. The number of hydrogen-bond donors (Lipinski definition) is 2. The van der Waals surface area contributed by atoms with Crippen molar-refractivity contribution in [2.45, 2.75) is 6.54 Å². The lowest BCUT2D eigenvalue weighted by atomic mass is 10.0. The van der Waals surface area contributed by atoms with Gasteiger partial charge in [0.15, 0.2) is 11.6 Å². The van der Waals surface area contributed by atoms with Gasteiger partial charge < -0.3 is 10.1 Å². The number of nitrogens with zero attached hydrogens (tertiary/aromatic N) is 1. The van der Waals surface area contributed by atoms with Crippen molar-refractivity contribution in [2.75, 3.05) is 12.4 Å². The minimum Gasteiger partial charge on any atom is -0.497 e. The first-order valence-electron chi connectivity index (χ1n) is 8.45. The molecule has 1 aromatic heterocycles. The van der Waals surface area contributed by atoms with Crippen LogP contribution in [0, 0.1) is 5.82 Å². The van der Waals surface area contributed by atoms with Crippen LogP contribution < -0.4 is 10.1 Å². The molecule has 0 amide bonds. The number of H-pyrrole nitrogens is 1. The molecule has 27 heavy (non-hydrogen) atoms. The number of hydrogen-bond acceptors (Lipinski definition) is 3. The molecule has 0 saturated heterocycles. The molecule has 0 bridgehead atoms. The van der Waals surface area contributed by atoms with Gasteiger partial charge in [-0.05, 0) is 29.3 Å². The summed E-state index contributed by atoms with van der Waals surface area (Å²) in [5.74, 6) is 0.848. The maximum absolute atomic E-state index is 14.8. The molecule has 0 atom stereocenters. The van der Waals surface area contributed by atoms with Crippen LogP contribution in [-0.4, -0.2) is 17.3 Å². The Morgan fingerprint density at radius 2 is 1.93 bits per heavy atom. The fraction of sp³-hybridized carbons (Fsp3) is 0.0952. The van der Waals surface area contributed by atoms with E-state index in [1.807, 2.05) is 60.7 Å². The van der Waals surface area contributed by atoms with Gasteiger partial charge in [-0.25, -0.2) is 4.39 Å². The Balaban J connectivity index is 1.71. The normalized spacial score (nSPS) is 10.9. The average molecular weight is 382 g/mol. The Bertz CT molecular complexity index is 1100. The molecular weight excluding hydrogens is 365 g/mol. The third kappa shape index (κ3) is 3.34. The maximum Gasteiger partial charge on any atom is 0.168 e. The summed E-state index contributed by atoms with van der Waals surface area (Å²) in [6.07, 6.45) is 0. The zero-order valence-electron chi connectivity index (χ0n) is 14.6. The van der Waals surface area contributed by atoms with E-state index in [1.165, 1.54) is 0 Å². The lowest BCUT2D eigenvalue weighted by Crippen LogP contribution is -2.00. The standard InChI is InChI=1S/C21H17ClFN3O/c1-27-15-9-5-6-13(10-15)12-24-21-17-11-16(14-7-3-2-4-8-14)18(22)19(23)20(17)25-26-21/h2-11H,12H2,1H3,(H2,24,25,26). The van der Waals surface area contributed by atoms with Gasteiger partial charge in [0.2, 0.25) is 0 Å². The van der Waals surface area contributed by atoms with Crippen LogP contribution in [0.5, 0.6) is 5.75 Å². The predicted octanol–water partition coefficient (Wildman–Crippen LogP) is 5.64. The lowest BCUT2D eigenvalue weighted by molar-refractivity contribution is 0.414. The number of nitrogens with one attached hydrogen (secondary N) is 2. The van der Waals surface area contributed by atoms with Gasteiger partial charge in [0.05, 0.1) is 12.1 Å². The van der Waals surface area contributed by atoms with Gasteiger partial charge in [0.1, 0.15) is 11.3 Å². The smallest absolute Gasteiger partial charge is 0.168 e. The summed E-state index contributed by atoms with van der Waals surface area (Å²) in [6.45, 7) is 0.530. The van der Waals surface area contributed by atoms with Gasteiger partial charge in [0, 0.05) is 17.5 Å². The molecule has 0 radical (unpaired) electrons. The zero-order valence-corrected chi connectivity index (χ0v) is 15.3. The monoisotopic (exact) mass is 381 g/mol. The molecule has 4 nitrogen and oxygen atoms in total. The van der Waals surface area contributed by atoms with Crippen LogP contribution in [0.25, 0.3) is 22.0 Å². The van der Waals surface area contributed by atoms with Crippen LogP contribution in [0.1, 0.15) is 5.56 Å². The molecule has 0 aliphatic rings. The summed E-state index contributed by atoms with van der Waals surface area (Å²) in [6, 6.07) is 19.1. The topological polar surface area (TPSA) is 49.9 Å². The Labute approximate surface area is 160 Å². The molecule has 136 valence electrons. The van der Waals surface area contributed by atoms with Gasteiger partial charge >= 0.3 is 0 Å². The Hall–Kier alpha value is -3.05. The highest BCUT2D eigenvalue weighted by Crippen LogP contribution is 2.36. The summed E-state index contributed by atoms with van der Waals surface area (Å²) in [7, 11) is 1.63. The highest BCUT2D eigenvalue weighted by atomic mass is 35.5. The molecule has 0 aliphatic heterocycles. The molecule has 4 aromatic rings. The molecule has 4 rings (SSSR count). The van der Waals surface area contributed by atoms with Crippen LogP contribution in [-0.2, 0) is 6.54 Å². The highest BCUT2D eigenvalue weighted by Gasteiger charge is 2.17. The van der Waals surface area contributed by atoms with E-state index < -0.39 is 5.82 Å². The van der Waals surface area contributed by atoms with E-state index in [2.05, 4.69) is 15.5 Å². The second-order valence-electron chi connectivity index (χ2n) is 6.12. The SMILES string of the molecule is COc1cccc(CNc2n[nH]c3c(F)c(Cl)c(-c4ccccc4)cc23)c1. The van der Waals surface area contributed by atoms with Crippen molar-refractivity contribution in [3.05, 3.63) is 77.1 Å². The molecule has 0 saturated carbocycles. The van der Waals surface area contributed by atoms with Gasteiger partial charge in [-0.15, -0.1) is 0 Å². The third-order valence-corrected chi connectivity index (χ3v) is 4.79. The van der Waals surface area contributed by atoms with E-state index in [4.69, 9.17) is 16.3 Å². The number of methoxy groups -OCH3 is 1. The first-order chi connectivity index (χ1) is 13.2. The maximum atomic E-state index is 14.8. The Morgan fingerprint density at radius 3 is 2.70 bits per heavy atom. The predicted molar refractivity (Wildman–Crippen MR) is 107 cm³/mol. The summed E-state index contributed by atoms with van der Waals surface area (Å²) in [5.41, 5.74) is 2.80. The van der Waals surface area contributed by atoms with Gasteiger partial charge in [-0.1, -0.05) is 54.1 Å². The van der Waals surface area contributed by atoms with E-state index in [0.717, 1.165) is 16.9 Å². The van der Waals surface area contributed by atoms with Gasteiger partial charge in [0.25, 0.3) is 0 Å². The van der Waals surface area contributed by atoms with Crippen molar-refractivity contribution in [3.8, 4) is 16.9 Å². The van der Waals surface area contributed by atoms with E-state index >= 15 is 0 Å². The van der Waals surface area contributed by atoms with Crippen molar-refractivity contribution < 1.29 is 9.13 Å². The number of anilines is 1. The van der Waals surface area contributed by atoms with Crippen molar-refractivity contribution in [2.24, 2.45) is 0 Å². The van der Waals surface area contributed by atoms with Crippen molar-refractivity contribution in [3.63, 3.8) is 0 Å². The number of fused-ring (bicyclic) bond motifs is 1. The second-order valence-corrected chi connectivity index (χ2v) is 6.50. The minimum atomic E-state index is -0.505. The molecule has 3 aromatic carbocycles. The minimum absolute atomic E-state index is 0.0803. The quantitative estimate of drug-likeness (QED) is 0.470. The van der Waals surface area contributed by atoms with Crippen LogP contribution in [0.15, 0.2) is 60.7 Å².